The van der Waals surface area contributed by atoms with E-state index in [0.717, 1.165) is 56.2 Å². The van der Waals surface area contributed by atoms with Crippen LogP contribution in [-0.2, 0) is 12.8 Å². The van der Waals surface area contributed by atoms with Crippen molar-refractivity contribution in [3.63, 3.8) is 0 Å². The molecule has 3 N–H and O–H groups in total. The fourth-order valence-electron chi connectivity index (χ4n) is 3.42. The van der Waals surface area contributed by atoms with Crippen LogP contribution in [0.2, 0.25) is 0 Å². The second kappa shape index (κ2) is 6.02. The number of pyridine rings is 1. The molecule has 2 atom stereocenters. The molecule has 1 saturated carbocycles. The van der Waals surface area contributed by atoms with Gasteiger partial charge in [0.05, 0.1) is 6.10 Å². The molecule has 0 radical (unpaired) electrons. The molecule has 2 aliphatic rings. The Morgan fingerprint density at radius 2 is 2.10 bits per heavy atom. The summed E-state index contributed by atoms with van der Waals surface area (Å²) in [5.74, 6) is -0.291. The highest BCUT2D eigenvalue weighted by molar-refractivity contribution is 5.93. The van der Waals surface area contributed by atoms with Gasteiger partial charge in [0.1, 0.15) is 11.4 Å². The van der Waals surface area contributed by atoms with Crippen LogP contribution in [-0.4, -0.2) is 33.8 Å². The van der Waals surface area contributed by atoms with E-state index in [1.54, 1.807) is 6.07 Å². The van der Waals surface area contributed by atoms with E-state index < -0.39 is 5.97 Å². The van der Waals surface area contributed by atoms with Gasteiger partial charge in [0, 0.05) is 18.2 Å². The quantitative estimate of drug-likeness (QED) is 0.792. The standard InChI is InChI=1S/C16H22N2O3/c19-14-7-2-1-4-11(14)9-17-15-12(16(20)21)8-10-5-3-6-13(10)18-15/h8,11,14,19H,1-7,9H2,(H,17,18)(H,20,21). The summed E-state index contributed by atoms with van der Waals surface area (Å²) in [7, 11) is 0. The average molecular weight is 290 g/mol. The van der Waals surface area contributed by atoms with Gasteiger partial charge in [-0.3, -0.25) is 0 Å². The molecule has 1 fully saturated rings. The van der Waals surface area contributed by atoms with Crippen LogP contribution in [0.3, 0.4) is 0 Å². The molecule has 5 heteroatoms. The van der Waals surface area contributed by atoms with Crippen molar-refractivity contribution in [2.24, 2.45) is 5.92 Å². The highest BCUT2D eigenvalue weighted by Gasteiger charge is 2.24. The molecule has 0 spiro atoms. The minimum atomic E-state index is -0.941. The van der Waals surface area contributed by atoms with Gasteiger partial charge in [-0.05, 0) is 43.7 Å². The number of carboxylic acid groups (broad SMARTS) is 1. The number of aromatic nitrogens is 1. The molecule has 5 nitrogen and oxygen atoms in total. The molecule has 114 valence electrons. The summed E-state index contributed by atoms with van der Waals surface area (Å²) in [6.07, 6.45) is 6.65. The first-order valence-corrected chi connectivity index (χ1v) is 7.83. The molecule has 0 amide bonds. The van der Waals surface area contributed by atoms with Crippen molar-refractivity contribution in [2.45, 2.75) is 51.0 Å². The summed E-state index contributed by atoms with van der Waals surface area (Å²) in [5.41, 5.74) is 2.34. The van der Waals surface area contributed by atoms with Gasteiger partial charge in [-0.15, -0.1) is 0 Å². The Hall–Kier alpha value is -1.62. The first-order chi connectivity index (χ1) is 10.1. The van der Waals surface area contributed by atoms with Crippen LogP contribution < -0.4 is 5.32 Å². The Kier molecular flexibility index (Phi) is 4.10. The molecule has 1 aromatic heterocycles. The number of aliphatic hydroxyl groups is 1. The lowest BCUT2D eigenvalue weighted by Gasteiger charge is -2.28. The van der Waals surface area contributed by atoms with Crippen LogP contribution in [0.5, 0.6) is 0 Å². The third kappa shape index (κ3) is 3.02. The number of fused-ring (bicyclic) bond motifs is 1. The molecule has 0 bridgehead atoms. The minimum Gasteiger partial charge on any atom is -0.478 e. The van der Waals surface area contributed by atoms with Crippen molar-refractivity contribution in [3.8, 4) is 0 Å². The summed E-state index contributed by atoms with van der Waals surface area (Å²) in [6, 6.07) is 1.76. The van der Waals surface area contributed by atoms with E-state index in [2.05, 4.69) is 10.3 Å². The summed E-state index contributed by atoms with van der Waals surface area (Å²) < 4.78 is 0. The molecule has 1 aromatic rings. The maximum Gasteiger partial charge on any atom is 0.339 e. The van der Waals surface area contributed by atoms with Crippen LogP contribution in [0.15, 0.2) is 6.07 Å². The lowest BCUT2D eigenvalue weighted by molar-refractivity contribution is 0.0697. The molecular formula is C16H22N2O3. The zero-order chi connectivity index (χ0) is 14.8. The number of carbonyl (C=O) groups is 1. The van der Waals surface area contributed by atoms with Crippen LogP contribution in [0.25, 0.3) is 0 Å². The number of anilines is 1. The number of aromatic carboxylic acids is 1. The second-order valence-corrected chi connectivity index (χ2v) is 6.14. The van der Waals surface area contributed by atoms with Crippen LogP contribution >= 0.6 is 0 Å². The predicted molar refractivity (Wildman–Crippen MR) is 79.7 cm³/mol. The van der Waals surface area contributed by atoms with E-state index in [0.29, 0.717) is 12.4 Å². The molecule has 1 heterocycles. The molecule has 3 rings (SSSR count). The molecule has 0 aliphatic heterocycles. The summed E-state index contributed by atoms with van der Waals surface area (Å²) in [5, 5.41) is 22.5. The Balaban J connectivity index is 1.76. The molecule has 21 heavy (non-hydrogen) atoms. The van der Waals surface area contributed by atoms with E-state index >= 15 is 0 Å². The third-order valence-corrected chi connectivity index (χ3v) is 4.68. The van der Waals surface area contributed by atoms with Crippen molar-refractivity contribution in [1.82, 2.24) is 4.98 Å². The molecule has 0 saturated heterocycles. The minimum absolute atomic E-state index is 0.190. The van der Waals surface area contributed by atoms with Gasteiger partial charge in [0.2, 0.25) is 0 Å². The zero-order valence-electron chi connectivity index (χ0n) is 12.1. The highest BCUT2D eigenvalue weighted by atomic mass is 16.4. The topological polar surface area (TPSA) is 82.5 Å². The van der Waals surface area contributed by atoms with E-state index in [4.69, 9.17) is 0 Å². The summed E-state index contributed by atoms with van der Waals surface area (Å²) in [6.45, 7) is 0.591. The van der Waals surface area contributed by atoms with Crippen molar-refractivity contribution in [2.75, 3.05) is 11.9 Å². The predicted octanol–water partition coefficient (Wildman–Crippen LogP) is 2.23. The van der Waals surface area contributed by atoms with E-state index in [-0.39, 0.29) is 17.6 Å². The number of rotatable bonds is 4. The van der Waals surface area contributed by atoms with Gasteiger partial charge < -0.3 is 15.5 Å². The van der Waals surface area contributed by atoms with Crippen LogP contribution in [0.1, 0.15) is 53.7 Å². The van der Waals surface area contributed by atoms with E-state index in [1.807, 2.05) is 0 Å². The number of nitrogens with one attached hydrogen (secondary N) is 1. The Labute approximate surface area is 124 Å². The van der Waals surface area contributed by atoms with Crippen molar-refractivity contribution >= 4 is 11.8 Å². The first kappa shape index (κ1) is 14.3. The number of aryl methyl sites for hydroxylation is 2. The highest BCUT2D eigenvalue weighted by Crippen LogP contribution is 2.28. The van der Waals surface area contributed by atoms with Crippen LogP contribution in [0.4, 0.5) is 5.82 Å². The number of nitrogens with zero attached hydrogens (tertiary/aromatic N) is 1. The lowest BCUT2D eigenvalue weighted by Crippen LogP contribution is -2.30. The Morgan fingerprint density at radius 3 is 2.86 bits per heavy atom. The van der Waals surface area contributed by atoms with E-state index in [9.17, 15) is 15.0 Å². The second-order valence-electron chi connectivity index (χ2n) is 6.14. The maximum absolute atomic E-state index is 11.4. The smallest absolute Gasteiger partial charge is 0.339 e. The number of carboxylic acids is 1. The number of aliphatic hydroxyl groups excluding tert-OH is 1. The van der Waals surface area contributed by atoms with Crippen molar-refractivity contribution < 1.29 is 15.0 Å². The monoisotopic (exact) mass is 290 g/mol. The summed E-state index contributed by atoms with van der Waals surface area (Å²) >= 11 is 0. The van der Waals surface area contributed by atoms with Gasteiger partial charge in [0.15, 0.2) is 0 Å². The first-order valence-electron chi connectivity index (χ1n) is 7.83. The van der Waals surface area contributed by atoms with Crippen LogP contribution in [0, 0.1) is 5.92 Å². The van der Waals surface area contributed by atoms with E-state index in [1.165, 1.54) is 0 Å². The lowest BCUT2D eigenvalue weighted by atomic mass is 9.86. The average Bonchev–Trinajstić information content (AvgIpc) is 2.92. The number of hydrogen-bond donors (Lipinski definition) is 3. The molecule has 2 aliphatic carbocycles. The van der Waals surface area contributed by atoms with Gasteiger partial charge in [-0.25, -0.2) is 9.78 Å². The normalized spacial score (nSPS) is 24.6. The van der Waals surface area contributed by atoms with Crippen molar-refractivity contribution in [3.05, 3.63) is 22.9 Å². The third-order valence-electron chi connectivity index (χ3n) is 4.68. The Morgan fingerprint density at radius 1 is 1.29 bits per heavy atom. The zero-order valence-corrected chi connectivity index (χ0v) is 12.1. The molecule has 0 aromatic carbocycles. The maximum atomic E-state index is 11.4. The van der Waals surface area contributed by atoms with Gasteiger partial charge in [-0.1, -0.05) is 12.8 Å². The SMILES string of the molecule is O=C(O)c1cc2c(nc1NCC1CCCCC1O)CCC2. The Bertz CT molecular complexity index is 545. The molecular weight excluding hydrogens is 268 g/mol. The van der Waals surface area contributed by atoms with Gasteiger partial charge >= 0.3 is 5.97 Å². The number of hydrogen-bond acceptors (Lipinski definition) is 4. The van der Waals surface area contributed by atoms with Gasteiger partial charge in [-0.2, -0.15) is 0 Å². The van der Waals surface area contributed by atoms with Gasteiger partial charge in [0.25, 0.3) is 0 Å². The largest absolute Gasteiger partial charge is 0.478 e. The fraction of sp³-hybridized carbons (Fsp3) is 0.625. The molecule has 2 unspecified atom stereocenters. The summed E-state index contributed by atoms with van der Waals surface area (Å²) in [4.78, 5) is 15.9. The van der Waals surface area contributed by atoms with Crippen molar-refractivity contribution in [1.29, 1.82) is 0 Å². The fourth-order valence-corrected chi connectivity index (χ4v) is 3.42.